The monoisotopic (exact) mass is 456 g/mol. The Morgan fingerprint density at radius 1 is 0.686 bits per heavy atom. The van der Waals surface area contributed by atoms with Crippen LogP contribution in [0.5, 0.6) is 0 Å². The summed E-state index contributed by atoms with van der Waals surface area (Å²) in [6, 6.07) is 34.9. The van der Waals surface area contributed by atoms with Crippen molar-refractivity contribution in [3.05, 3.63) is 115 Å². The lowest BCUT2D eigenvalue weighted by molar-refractivity contribution is -0.572. The minimum atomic E-state index is 0.173. The van der Waals surface area contributed by atoms with Crippen LogP contribution in [-0.4, -0.2) is 4.57 Å². The third-order valence-corrected chi connectivity index (χ3v) is 7.87. The molecule has 1 aliphatic rings. The first-order valence-corrected chi connectivity index (χ1v) is 12.6. The van der Waals surface area contributed by atoms with E-state index in [0.29, 0.717) is 0 Å². The third kappa shape index (κ3) is 3.60. The zero-order chi connectivity index (χ0) is 24.2. The van der Waals surface area contributed by atoms with E-state index in [-0.39, 0.29) is 10.8 Å². The standard InChI is InChI=1S/C33H32N2/c1-32(2)20-21-33(3,4)29-22-24(18-19-28(29)32)27-16-11-17-30-31(27)35(26-14-9-6-10-15-26)23-34(30)25-12-7-5-8-13-25/h5-19,22H,20-21H2,1-4H3. The average molecular weight is 457 g/mol. The highest BCUT2D eigenvalue weighted by Gasteiger charge is 2.37. The van der Waals surface area contributed by atoms with Crippen LogP contribution in [0.4, 0.5) is 0 Å². The van der Waals surface area contributed by atoms with E-state index >= 15 is 0 Å². The number of rotatable bonds is 3. The lowest BCUT2D eigenvalue weighted by atomic mass is 9.63. The second-order valence-electron chi connectivity index (χ2n) is 11.1. The van der Waals surface area contributed by atoms with Gasteiger partial charge in [-0.15, -0.1) is 0 Å². The summed E-state index contributed by atoms with van der Waals surface area (Å²) < 4.78 is 4.39. The van der Waals surface area contributed by atoms with Crippen LogP contribution in [0.3, 0.4) is 0 Å². The molecule has 0 saturated heterocycles. The number of nitrogens with zero attached hydrogens (tertiary/aromatic N) is 2. The molecule has 0 bridgehead atoms. The SMILES string of the molecule is CC1(C)CCC(C)(C)c2cc(-c3cccc4c3[n+](-c3ccccc3)[c-]n4-c3ccccc3)ccc21. The van der Waals surface area contributed by atoms with Crippen molar-refractivity contribution in [3.63, 3.8) is 0 Å². The maximum atomic E-state index is 3.66. The predicted octanol–water partition coefficient (Wildman–Crippen LogP) is 7.72. The highest BCUT2D eigenvalue weighted by Crippen LogP contribution is 2.47. The first kappa shape index (κ1) is 21.9. The van der Waals surface area contributed by atoms with Crippen LogP contribution in [0.2, 0.25) is 0 Å². The highest BCUT2D eigenvalue weighted by molar-refractivity contribution is 5.91. The quantitative estimate of drug-likeness (QED) is 0.194. The Balaban J connectivity index is 1.64. The summed E-state index contributed by atoms with van der Waals surface area (Å²) in [5.74, 6) is 0. The molecule has 0 saturated carbocycles. The number of para-hydroxylation sites is 3. The van der Waals surface area contributed by atoms with Crippen molar-refractivity contribution in [2.45, 2.75) is 51.4 Å². The molecule has 5 aromatic rings. The van der Waals surface area contributed by atoms with Crippen LogP contribution in [0.25, 0.3) is 33.5 Å². The summed E-state index contributed by atoms with van der Waals surface area (Å²) in [5, 5.41) is 0. The predicted molar refractivity (Wildman–Crippen MR) is 144 cm³/mol. The van der Waals surface area contributed by atoms with Crippen molar-refractivity contribution in [2.75, 3.05) is 0 Å². The minimum Gasteiger partial charge on any atom is -0.292 e. The molecule has 2 heteroatoms. The Hall–Kier alpha value is -3.65. The number of benzene rings is 4. The topological polar surface area (TPSA) is 8.81 Å². The van der Waals surface area contributed by atoms with Crippen molar-refractivity contribution in [1.82, 2.24) is 4.57 Å². The number of hydrogen-bond acceptors (Lipinski definition) is 0. The van der Waals surface area contributed by atoms with Crippen LogP contribution < -0.4 is 4.57 Å². The molecule has 0 amide bonds. The summed E-state index contributed by atoms with van der Waals surface area (Å²) in [6.45, 7) is 9.57. The first-order valence-electron chi connectivity index (χ1n) is 12.6. The summed E-state index contributed by atoms with van der Waals surface area (Å²) in [6.07, 6.45) is 6.10. The van der Waals surface area contributed by atoms with Gasteiger partial charge in [-0.3, -0.25) is 9.13 Å². The van der Waals surface area contributed by atoms with E-state index in [1.165, 1.54) is 40.6 Å². The summed E-state index contributed by atoms with van der Waals surface area (Å²) >= 11 is 0. The molecule has 0 aliphatic heterocycles. The zero-order valence-corrected chi connectivity index (χ0v) is 21.0. The van der Waals surface area contributed by atoms with E-state index in [4.69, 9.17) is 0 Å². The van der Waals surface area contributed by atoms with Gasteiger partial charge in [-0.2, -0.15) is 0 Å². The fourth-order valence-electron chi connectivity index (χ4n) is 5.68. The third-order valence-electron chi connectivity index (χ3n) is 7.87. The van der Waals surface area contributed by atoms with Gasteiger partial charge in [0.15, 0.2) is 0 Å². The van der Waals surface area contributed by atoms with Crippen LogP contribution in [0.1, 0.15) is 51.7 Å². The molecule has 1 aromatic heterocycles. The van der Waals surface area contributed by atoms with Crippen molar-refractivity contribution >= 4 is 11.0 Å². The van der Waals surface area contributed by atoms with E-state index in [9.17, 15) is 0 Å². The summed E-state index contributed by atoms with van der Waals surface area (Å²) in [5.41, 5.74) is 10.4. The normalized spacial score (nSPS) is 16.2. The van der Waals surface area contributed by atoms with Crippen LogP contribution >= 0.6 is 0 Å². The smallest absolute Gasteiger partial charge is 0.269 e. The number of hydrogen-bond donors (Lipinski definition) is 0. The molecule has 0 N–H and O–H groups in total. The van der Waals surface area contributed by atoms with Gasteiger partial charge in [-0.05, 0) is 70.2 Å². The van der Waals surface area contributed by atoms with Gasteiger partial charge in [-0.1, -0.05) is 100 Å². The van der Waals surface area contributed by atoms with Crippen molar-refractivity contribution in [1.29, 1.82) is 0 Å². The molecular formula is C33H32N2. The maximum Gasteiger partial charge on any atom is 0.269 e. The fourth-order valence-corrected chi connectivity index (χ4v) is 5.68. The van der Waals surface area contributed by atoms with E-state index in [1.807, 2.05) is 0 Å². The summed E-state index contributed by atoms with van der Waals surface area (Å²) in [4.78, 5) is 0. The molecule has 0 unspecified atom stereocenters. The van der Waals surface area contributed by atoms with Crippen LogP contribution in [-0.2, 0) is 10.8 Å². The fraction of sp³-hybridized carbons (Fsp3) is 0.242. The Bertz CT molecular complexity index is 1520. The molecule has 2 nitrogen and oxygen atoms in total. The maximum absolute atomic E-state index is 3.66. The molecule has 174 valence electrons. The van der Waals surface area contributed by atoms with Gasteiger partial charge in [0.1, 0.15) is 0 Å². The van der Waals surface area contributed by atoms with Gasteiger partial charge in [0.05, 0.1) is 22.4 Å². The Morgan fingerprint density at radius 3 is 2.06 bits per heavy atom. The molecule has 1 aliphatic carbocycles. The lowest BCUT2D eigenvalue weighted by Crippen LogP contribution is -2.33. The van der Waals surface area contributed by atoms with E-state index in [0.717, 1.165) is 16.9 Å². The Morgan fingerprint density at radius 2 is 1.34 bits per heavy atom. The van der Waals surface area contributed by atoms with Crippen molar-refractivity contribution < 1.29 is 4.57 Å². The molecule has 0 spiro atoms. The number of aromatic nitrogens is 2. The number of imidazole rings is 1. The Labute approximate surface area is 208 Å². The van der Waals surface area contributed by atoms with E-state index in [1.54, 1.807) is 0 Å². The average Bonchev–Trinajstić information content (AvgIpc) is 3.28. The minimum absolute atomic E-state index is 0.173. The van der Waals surface area contributed by atoms with E-state index < -0.39 is 0 Å². The second kappa shape index (κ2) is 7.95. The van der Waals surface area contributed by atoms with E-state index in [2.05, 4.69) is 140 Å². The number of fused-ring (bicyclic) bond motifs is 2. The van der Waals surface area contributed by atoms with Crippen molar-refractivity contribution in [3.8, 4) is 22.5 Å². The second-order valence-corrected chi connectivity index (χ2v) is 11.1. The largest absolute Gasteiger partial charge is 0.292 e. The molecule has 35 heavy (non-hydrogen) atoms. The summed E-state index contributed by atoms with van der Waals surface area (Å²) in [7, 11) is 0. The molecule has 4 aromatic carbocycles. The molecule has 0 atom stereocenters. The zero-order valence-electron chi connectivity index (χ0n) is 21.0. The van der Waals surface area contributed by atoms with Gasteiger partial charge in [0, 0.05) is 0 Å². The first-order chi connectivity index (χ1) is 16.9. The van der Waals surface area contributed by atoms with Gasteiger partial charge in [0.25, 0.3) is 6.33 Å². The highest BCUT2D eigenvalue weighted by atomic mass is 15.1. The lowest BCUT2D eigenvalue weighted by Gasteiger charge is -2.42. The van der Waals surface area contributed by atoms with Gasteiger partial charge >= 0.3 is 0 Å². The van der Waals surface area contributed by atoms with Gasteiger partial charge < -0.3 is 0 Å². The van der Waals surface area contributed by atoms with Crippen molar-refractivity contribution in [2.24, 2.45) is 0 Å². The molecule has 0 fully saturated rings. The molecule has 1 heterocycles. The molecular weight excluding hydrogens is 424 g/mol. The Kier molecular flexibility index (Phi) is 4.96. The van der Waals surface area contributed by atoms with Crippen LogP contribution in [0, 0.1) is 6.33 Å². The molecule has 6 rings (SSSR count). The van der Waals surface area contributed by atoms with Crippen LogP contribution in [0.15, 0.2) is 97.1 Å². The van der Waals surface area contributed by atoms with Gasteiger partial charge in [0.2, 0.25) is 0 Å². The van der Waals surface area contributed by atoms with Gasteiger partial charge in [-0.25, -0.2) is 0 Å². The molecule has 0 radical (unpaired) electrons.